The lowest BCUT2D eigenvalue weighted by atomic mass is 9.98. The van der Waals surface area contributed by atoms with E-state index in [1.54, 1.807) is 56.4 Å². The minimum atomic E-state index is -4.16. The van der Waals surface area contributed by atoms with E-state index in [2.05, 4.69) is 0 Å². The maximum absolute atomic E-state index is 14.0. The summed E-state index contributed by atoms with van der Waals surface area (Å²) in [5, 5.41) is 0.883. The molecule has 4 aromatic rings. The maximum Gasteiger partial charge on any atom is 0.340 e. The molecule has 174 valence electrons. The Morgan fingerprint density at radius 1 is 1.06 bits per heavy atom. The van der Waals surface area contributed by atoms with Crippen molar-refractivity contribution in [1.29, 1.82) is 0 Å². The van der Waals surface area contributed by atoms with E-state index in [1.165, 1.54) is 25.2 Å². The molecule has 0 atom stereocenters. The highest BCUT2D eigenvalue weighted by Crippen LogP contribution is 2.42. The second-order valence-corrected chi connectivity index (χ2v) is 10.1. The predicted octanol–water partition coefficient (Wildman–Crippen LogP) is 3.72. The van der Waals surface area contributed by atoms with Crippen molar-refractivity contribution in [2.24, 2.45) is 0 Å². The van der Waals surface area contributed by atoms with Gasteiger partial charge in [-0.3, -0.25) is 4.79 Å². The standard InChI is InChI=1S/C25H22N2O6S/c1-14-6-5-7-17(10-14)34(30,31)27-20-9-8-16(32-3)12-18(20)22-21-15(13-26(2)24(21)28)11-19(23(22)27)25(29)33-4/h5-12H,13H2,1-4H3. The molecule has 1 aliphatic rings. The molecule has 1 aromatic heterocycles. The SMILES string of the molecule is COC(=O)c1cc2c(c3c4cc(OC)ccc4n(S(=O)(=O)c4cccc(C)c4)c13)C(=O)N(C)C2. The first-order chi connectivity index (χ1) is 16.2. The van der Waals surface area contributed by atoms with Gasteiger partial charge in [-0.05, 0) is 54.4 Å². The number of hydrogen-bond acceptors (Lipinski definition) is 6. The van der Waals surface area contributed by atoms with Crippen LogP contribution in [-0.4, -0.2) is 50.4 Å². The average Bonchev–Trinajstić information content (AvgIpc) is 3.31. The van der Waals surface area contributed by atoms with Gasteiger partial charge < -0.3 is 14.4 Å². The molecular weight excluding hydrogens is 456 g/mol. The zero-order valence-corrected chi connectivity index (χ0v) is 19.9. The predicted molar refractivity (Wildman–Crippen MR) is 127 cm³/mol. The van der Waals surface area contributed by atoms with E-state index in [1.807, 2.05) is 0 Å². The van der Waals surface area contributed by atoms with Crippen LogP contribution in [0.4, 0.5) is 0 Å². The molecule has 0 aliphatic carbocycles. The Labute approximate surface area is 196 Å². The number of nitrogens with zero attached hydrogens (tertiary/aromatic N) is 2. The first-order valence-corrected chi connectivity index (χ1v) is 12.0. The van der Waals surface area contributed by atoms with E-state index in [-0.39, 0.29) is 21.9 Å². The lowest BCUT2D eigenvalue weighted by Crippen LogP contribution is -2.17. The first-order valence-electron chi connectivity index (χ1n) is 10.5. The van der Waals surface area contributed by atoms with Crippen LogP contribution in [0.2, 0.25) is 0 Å². The summed E-state index contributed by atoms with van der Waals surface area (Å²) in [6, 6.07) is 13.1. The van der Waals surface area contributed by atoms with Crippen molar-refractivity contribution in [3.63, 3.8) is 0 Å². The van der Waals surface area contributed by atoms with E-state index in [0.717, 1.165) is 9.54 Å². The van der Waals surface area contributed by atoms with Gasteiger partial charge in [0.05, 0.1) is 41.3 Å². The zero-order valence-electron chi connectivity index (χ0n) is 19.1. The summed E-state index contributed by atoms with van der Waals surface area (Å²) in [5.74, 6) is -0.438. The van der Waals surface area contributed by atoms with Crippen molar-refractivity contribution >= 4 is 43.7 Å². The Bertz CT molecular complexity index is 1630. The number of methoxy groups -OCH3 is 2. The molecule has 0 spiro atoms. The average molecular weight is 479 g/mol. The van der Waals surface area contributed by atoms with Crippen LogP contribution < -0.4 is 4.74 Å². The van der Waals surface area contributed by atoms with Gasteiger partial charge in [-0.2, -0.15) is 0 Å². The molecule has 1 amide bonds. The molecule has 0 radical (unpaired) electrons. The highest BCUT2D eigenvalue weighted by atomic mass is 32.2. The van der Waals surface area contributed by atoms with Gasteiger partial charge in [0.15, 0.2) is 0 Å². The molecule has 3 aromatic carbocycles. The van der Waals surface area contributed by atoms with Gasteiger partial charge in [0.2, 0.25) is 0 Å². The second-order valence-electron chi connectivity index (χ2n) is 8.30. The molecule has 9 heteroatoms. The summed E-state index contributed by atoms with van der Waals surface area (Å²) in [5.41, 5.74) is 2.30. The van der Waals surface area contributed by atoms with Crippen LogP contribution in [0.3, 0.4) is 0 Å². The van der Waals surface area contributed by atoms with Crippen LogP contribution in [0.5, 0.6) is 5.75 Å². The number of aromatic nitrogens is 1. The number of ether oxygens (including phenoxy) is 2. The lowest BCUT2D eigenvalue weighted by molar-refractivity contribution is 0.0602. The van der Waals surface area contributed by atoms with Crippen LogP contribution >= 0.6 is 0 Å². The zero-order chi connectivity index (χ0) is 24.4. The number of rotatable bonds is 4. The Balaban J connectivity index is 2.05. The molecule has 1 aliphatic heterocycles. The number of fused-ring (bicyclic) bond motifs is 5. The summed E-state index contributed by atoms with van der Waals surface area (Å²) in [4.78, 5) is 27.7. The first kappa shape index (κ1) is 22.0. The molecule has 0 fully saturated rings. The van der Waals surface area contributed by atoms with Gasteiger partial charge in [-0.15, -0.1) is 0 Å². The van der Waals surface area contributed by atoms with E-state index in [4.69, 9.17) is 9.47 Å². The highest BCUT2D eigenvalue weighted by Gasteiger charge is 2.35. The number of amides is 1. The maximum atomic E-state index is 14.0. The summed E-state index contributed by atoms with van der Waals surface area (Å²) in [6.07, 6.45) is 0. The molecule has 0 unspecified atom stereocenters. The molecule has 5 rings (SSSR count). The van der Waals surface area contributed by atoms with E-state index in [9.17, 15) is 18.0 Å². The second kappa shape index (κ2) is 7.59. The topological polar surface area (TPSA) is 94.9 Å². The number of carbonyl (C=O) groups is 2. The number of hydrogen-bond donors (Lipinski definition) is 0. The van der Waals surface area contributed by atoms with E-state index in [0.29, 0.717) is 39.7 Å². The normalized spacial score (nSPS) is 13.5. The van der Waals surface area contributed by atoms with Crippen molar-refractivity contribution in [2.45, 2.75) is 18.4 Å². The van der Waals surface area contributed by atoms with E-state index >= 15 is 0 Å². The third kappa shape index (κ3) is 3.00. The van der Waals surface area contributed by atoms with Gasteiger partial charge in [-0.1, -0.05) is 12.1 Å². The third-order valence-corrected chi connectivity index (χ3v) is 7.89. The fraction of sp³-hybridized carbons (Fsp3) is 0.200. The molecule has 8 nitrogen and oxygen atoms in total. The summed E-state index contributed by atoms with van der Waals surface area (Å²) >= 11 is 0. The lowest BCUT2D eigenvalue weighted by Gasteiger charge is -2.13. The quantitative estimate of drug-likeness (QED) is 0.415. The number of aryl methyl sites for hydroxylation is 1. The summed E-state index contributed by atoms with van der Waals surface area (Å²) < 4.78 is 39.6. The van der Waals surface area contributed by atoms with Crippen LogP contribution in [0, 0.1) is 6.92 Å². The van der Waals surface area contributed by atoms with Gasteiger partial charge in [0, 0.05) is 24.4 Å². The number of benzene rings is 3. The van der Waals surface area contributed by atoms with Crippen molar-refractivity contribution in [3.8, 4) is 5.75 Å². The molecule has 0 saturated carbocycles. The van der Waals surface area contributed by atoms with Crippen LogP contribution in [0.1, 0.15) is 31.8 Å². The Morgan fingerprint density at radius 2 is 1.82 bits per heavy atom. The molecule has 34 heavy (non-hydrogen) atoms. The van der Waals surface area contributed by atoms with Crippen molar-refractivity contribution < 1.29 is 27.5 Å². The molecular formula is C25H22N2O6S. The van der Waals surface area contributed by atoms with Crippen molar-refractivity contribution in [3.05, 3.63) is 70.8 Å². The van der Waals surface area contributed by atoms with Crippen LogP contribution in [0.15, 0.2) is 53.4 Å². The minimum Gasteiger partial charge on any atom is -0.497 e. The van der Waals surface area contributed by atoms with Crippen LogP contribution in [-0.2, 0) is 21.3 Å². The fourth-order valence-electron chi connectivity index (χ4n) is 4.63. The molecule has 0 N–H and O–H groups in total. The summed E-state index contributed by atoms with van der Waals surface area (Å²) in [7, 11) is 0.248. The Morgan fingerprint density at radius 3 is 2.50 bits per heavy atom. The Kier molecular flexibility index (Phi) is 4.91. The highest BCUT2D eigenvalue weighted by molar-refractivity contribution is 7.90. The summed E-state index contributed by atoms with van der Waals surface area (Å²) in [6.45, 7) is 2.10. The largest absolute Gasteiger partial charge is 0.497 e. The number of carbonyl (C=O) groups excluding carboxylic acids is 2. The Hall–Kier alpha value is -3.85. The number of esters is 1. The fourth-order valence-corrected chi connectivity index (χ4v) is 6.27. The molecule has 0 saturated heterocycles. The third-order valence-electron chi connectivity index (χ3n) is 6.18. The molecule has 0 bridgehead atoms. The van der Waals surface area contributed by atoms with Crippen molar-refractivity contribution in [1.82, 2.24) is 8.87 Å². The van der Waals surface area contributed by atoms with Gasteiger partial charge in [-0.25, -0.2) is 17.2 Å². The molecule has 2 heterocycles. The van der Waals surface area contributed by atoms with Gasteiger partial charge in [0.25, 0.3) is 15.9 Å². The van der Waals surface area contributed by atoms with E-state index < -0.39 is 16.0 Å². The van der Waals surface area contributed by atoms with Gasteiger partial charge >= 0.3 is 5.97 Å². The van der Waals surface area contributed by atoms with Crippen LogP contribution in [0.25, 0.3) is 21.8 Å². The van der Waals surface area contributed by atoms with Crippen molar-refractivity contribution in [2.75, 3.05) is 21.3 Å². The minimum absolute atomic E-state index is 0.0712. The van der Waals surface area contributed by atoms with Gasteiger partial charge in [0.1, 0.15) is 5.75 Å². The monoisotopic (exact) mass is 478 g/mol. The smallest absolute Gasteiger partial charge is 0.340 e.